The van der Waals surface area contributed by atoms with Crippen LogP contribution in [0.3, 0.4) is 0 Å². The summed E-state index contributed by atoms with van der Waals surface area (Å²) >= 11 is 6.09. The Kier molecular flexibility index (Phi) is 3.62. The normalized spacial score (nSPS) is 17.4. The van der Waals surface area contributed by atoms with Crippen LogP contribution in [-0.2, 0) is 4.74 Å². The van der Waals surface area contributed by atoms with E-state index < -0.39 is 0 Å². The van der Waals surface area contributed by atoms with E-state index in [9.17, 15) is 4.79 Å². The average molecular weight is 239 g/mol. The minimum Gasteiger partial charge on any atom is -0.381 e. The molecule has 3 heteroatoms. The number of carbonyl (C=O) groups is 1. The summed E-state index contributed by atoms with van der Waals surface area (Å²) < 4.78 is 5.25. The largest absolute Gasteiger partial charge is 0.381 e. The molecule has 1 fully saturated rings. The predicted molar refractivity (Wildman–Crippen MR) is 64.1 cm³/mol. The Morgan fingerprint density at radius 2 is 2.06 bits per heavy atom. The zero-order valence-electron chi connectivity index (χ0n) is 9.33. The molecule has 0 saturated carbocycles. The number of ketones is 1. The molecule has 0 aromatic heterocycles. The van der Waals surface area contributed by atoms with Crippen LogP contribution in [0.1, 0.15) is 28.8 Å². The molecule has 1 heterocycles. The van der Waals surface area contributed by atoms with E-state index >= 15 is 0 Å². The molecule has 1 aliphatic heterocycles. The summed E-state index contributed by atoms with van der Waals surface area (Å²) in [5.74, 6) is 0.238. The van der Waals surface area contributed by atoms with Gasteiger partial charge in [0.25, 0.3) is 0 Å². The van der Waals surface area contributed by atoms with Gasteiger partial charge in [0, 0.05) is 24.7 Å². The molecule has 2 rings (SSSR count). The first kappa shape index (κ1) is 11.6. The second-order valence-electron chi connectivity index (χ2n) is 4.23. The Morgan fingerprint density at radius 1 is 1.38 bits per heavy atom. The van der Waals surface area contributed by atoms with Crippen molar-refractivity contribution in [1.29, 1.82) is 0 Å². The second kappa shape index (κ2) is 4.98. The zero-order valence-corrected chi connectivity index (χ0v) is 10.1. The van der Waals surface area contributed by atoms with Gasteiger partial charge in [0.1, 0.15) is 0 Å². The third kappa shape index (κ3) is 2.45. The summed E-state index contributed by atoms with van der Waals surface area (Å²) in [4.78, 5) is 12.2. The van der Waals surface area contributed by atoms with Crippen molar-refractivity contribution in [2.75, 3.05) is 13.2 Å². The fourth-order valence-corrected chi connectivity index (χ4v) is 2.33. The van der Waals surface area contributed by atoms with Crippen molar-refractivity contribution in [1.82, 2.24) is 0 Å². The van der Waals surface area contributed by atoms with Gasteiger partial charge >= 0.3 is 0 Å². The van der Waals surface area contributed by atoms with Crippen LogP contribution in [0.2, 0.25) is 5.02 Å². The molecule has 0 atom stereocenters. The van der Waals surface area contributed by atoms with Crippen LogP contribution < -0.4 is 0 Å². The topological polar surface area (TPSA) is 26.3 Å². The highest BCUT2D eigenvalue weighted by atomic mass is 35.5. The Bertz CT molecular complexity index is 395. The minimum atomic E-state index is 0.0777. The molecule has 2 nitrogen and oxygen atoms in total. The second-order valence-corrected chi connectivity index (χ2v) is 4.64. The zero-order chi connectivity index (χ0) is 11.5. The monoisotopic (exact) mass is 238 g/mol. The SMILES string of the molecule is Cc1ccc(C(=O)C2CCOCC2)c(Cl)c1. The van der Waals surface area contributed by atoms with Crippen molar-refractivity contribution >= 4 is 17.4 Å². The number of ether oxygens (including phenoxy) is 1. The quantitative estimate of drug-likeness (QED) is 0.740. The third-order valence-corrected chi connectivity index (χ3v) is 3.29. The molecule has 0 bridgehead atoms. The highest BCUT2D eigenvalue weighted by Crippen LogP contribution is 2.25. The molecule has 1 aromatic carbocycles. The molecule has 0 unspecified atom stereocenters. The van der Waals surface area contributed by atoms with Gasteiger partial charge in [-0.3, -0.25) is 4.79 Å². The van der Waals surface area contributed by atoms with Crippen molar-refractivity contribution in [3.05, 3.63) is 34.3 Å². The van der Waals surface area contributed by atoms with Gasteiger partial charge in [-0.05, 0) is 37.5 Å². The molecular formula is C13H15ClO2. The first-order valence-electron chi connectivity index (χ1n) is 5.56. The predicted octanol–water partition coefficient (Wildman–Crippen LogP) is 3.26. The maximum atomic E-state index is 12.2. The van der Waals surface area contributed by atoms with E-state index in [-0.39, 0.29) is 11.7 Å². The smallest absolute Gasteiger partial charge is 0.167 e. The molecule has 1 saturated heterocycles. The number of rotatable bonds is 2. The number of halogens is 1. The maximum Gasteiger partial charge on any atom is 0.167 e. The van der Waals surface area contributed by atoms with Gasteiger partial charge in [-0.25, -0.2) is 0 Å². The number of hydrogen-bond acceptors (Lipinski definition) is 2. The van der Waals surface area contributed by atoms with Crippen LogP contribution in [0.15, 0.2) is 18.2 Å². The molecular weight excluding hydrogens is 224 g/mol. The average Bonchev–Trinajstić information content (AvgIpc) is 2.29. The Morgan fingerprint density at radius 3 is 2.69 bits per heavy atom. The van der Waals surface area contributed by atoms with Crippen molar-refractivity contribution < 1.29 is 9.53 Å². The molecule has 1 aromatic rings. The summed E-state index contributed by atoms with van der Waals surface area (Å²) in [6.45, 7) is 3.33. The maximum absolute atomic E-state index is 12.2. The molecule has 0 spiro atoms. The van der Waals surface area contributed by atoms with Gasteiger partial charge in [-0.1, -0.05) is 17.7 Å². The Balaban J connectivity index is 2.19. The van der Waals surface area contributed by atoms with E-state index in [0.29, 0.717) is 23.8 Å². The first-order valence-corrected chi connectivity index (χ1v) is 5.94. The van der Waals surface area contributed by atoms with E-state index in [2.05, 4.69) is 0 Å². The van der Waals surface area contributed by atoms with Crippen molar-refractivity contribution in [3.63, 3.8) is 0 Å². The lowest BCUT2D eigenvalue weighted by Crippen LogP contribution is -2.23. The fourth-order valence-electron chi connectivity index (χ4n) is 2.00. The van der Waals surface area contributed by atoms with Crippen molar-refractivity contribution in [2.24, 2.45) is 5.92 Å². The summed E-state index contributed by atoms with van der Waals surface area (Å²) in [6, 6.07) is 5.60. The van der Waals surface area contributed by atoms with Gasteiger partial charge in [0.15, 0.2) is 5.78 Å². The van der Waals surface area contributed by atoms with Crippen LogP contribution in [0.25, 0.3) is 0 Å². The number of Topliss-reactive ketones (excluding diaryl/α,β-unsaturated/α-hetero) is 1. The van der Waals surface area contributed by atoms with Gasteiger partial charge in [-0.15, -0.1) is 0 Å². The van der Waals surface area contributed by atoms with Crippen LogP contribution in [-0.4, -0.2) is 19.0 Å². The Labute approximate surface area is 101 Å². The van der Waals surface area contributed by atoms with E-state index in [4.69, 9.17) is 16.3 Å². The van der Waals surface area contributed by atoms with Crippen LogP contribution in [0.5, 0.6) is 0 Å². The summed E-state index contributed by atoms with van der Waals surface area (Å²) in [7, 11) is 0. The lowest BCUT2D eigenvalue weighted by Gasteiger charge is -2.21. The molecule has 0 amide bonds. The molecule has 1 aliphatic rings. The molecule has 86 valence electrons. The number of carbonyl (C=O) groups excluding carboxylic acids is 1. The number of hydrogen-bond donors (Lipinski definition) is 0. The van der Waals surface area contributed by atoms with Crippen molar-refractivity contribution in [3.8, 4) is 0 Å². The van der Waals surface area contributed by atoms with E-state index in [0.717, 1.165) is 18.4 Å². The summed E-state index contributed by atoms with van der Waals surface area (Å²) in [5.41, 5.74) is 1.73. The summed E-state index contributed by atoms with van der Waals surface area (Å²) in [6.07, 6.45) is 1.62. The van der Waals surface area contributed by atoms with Gasteiger partial charge in [-0.2, -0.15) is 0 Å². The number of benzene rings is 1. The summed E-state index contributed by atoms with van der Waals surface area (Å²) in [5, 5.41) is 0.566. The standard InChI is InChI=1S/C13H15ClO2/c1-9-2-3-11(12(14)8-9)13(15)10-4-6-16-7-5-10/h2-3,8,10H,4-7H2,1H3. The molecule has 0 N–H and O–H groups in total. The van der Waals surface area contributed by atoms with Crippen LogP contribution in [0, 0.1) is 12.8 Å². The van der Waals surface area contributed by atoms with Gasteiger partial charge < -0.3 is 4.74 Å². The molecule has 0 aliphatic carbocycles. The minimum absolute atomic E-state index is 0.0777. The Hall–Kier alpha value is -0.860. The lowest BCUT2D eigenvalue weighted by atomic mass is 9.91. The van der Waals surface area contributed by atoms with Gasteiger partial charge in [0.05, 0.1) is 5.02 Å². The van der Waals surface area contributed by atoms with Gasteiger partial charge in [0.2, 0.25) is 0 Å². The lowest BCUT2D eigenvalue weighted by molar-refractivity contribution is 0.0545. The molecule has 0 radical (unpaired) electrons. The highest BCUT2D eigenvalue weighted by Gasteiger charge is 2.24. The fraction of sp³-hybridized carbons (Fsp3) is 0.462. The molecule has 16 heavy (non-hydrogen) atoms. The first-order chi connectivity index (χ1) is 7.68. The van der Waals surface area contributed by atoms with Crippen LogP contribution in [0.4, 0.5) is 0 Å². The van der Waals surface area contributed by atoms with Crippen molar-refractivity contribution in [2.45, 2.75) is 19.8 Å². The van der Waals surface area contributed by atoms with Crippen LogP contribution >= 0.6 is 11.6 Å². The van der Waals surface area contributed by atoms with E-state index in [1.165, 1.54) is 0 Å². The van der Waals surface area contributed by atoms with E-state index in [1.807, 2.05) is 25.1 Å². The van der Waals surface area contributed by atoms with E-state index in [1.54, 1.807) is 0 Å². The number of aryl methyl sites for hydroxylation is 1. The third-order valence-electron chi connectivity index (χ3n) is 2.98. The highest BCUT2D eigenvalue weighted by molar-refractivity contribution is 6.34.